The van der Waals surface area contributed by atoms with Gasteiger partial charge in [0.15, 0.2) is 0 Å². The van der Waals surface area contributed by atoms with Crippen LogP contribution in [0.25, 0.3) is 0 Å². The second kappa shape index (κ2) is 10.6. The molecule has 2 rings (SSSR count). The zero-order valence-corrected chi connectivity index (χ0v) is 16.1. The van der Waals surface area contributed by atoms with E-state index in [0.717, 1.165) is 30.8 Å². The van der Waals surface area contributed by atoms with Gasteiger partial charge in [-0.05, 0) is 50.5 Å². The van der Waals surface area contributed by atoms with Crippen molar-refractivity contribution in [2.24, 2.45) is 0 Å². The molecule has 0 saturated heterocycles. The van der Waals surface area contributed by atoms with Crippen LogP contribution >= 0.6 is 0 Å². The minimum atomic E-state index is -0.246. The minimum Gasteiger partial charge on any atom is -0.376 e. The van der Waals surface area contributed by atoms with Crippen molar-refractivity contribution >= 4 is 11.6 Å². The molecule has 4 heteroatoms. The van der Waals surface area contributed by atoms with Crippen LogP contribution in [-0.4, -0.2) is 36.5 Å². The Morgan fingerprint density at radius 2 is 1.73 bits per heavy atom. The smallest absolute Gasteiger partial charge is 0.244 e. The predicted molar refractivity (Wildman–Crippen MR) is 107 cm³/mol. The van der Waals surface area contributed by atoms with Crippen molar-refractivity contribution in [2.75, 3.05) is 25.0 Å². The molecule has 2 aromatic carbocycles. The number of nitrogens with one attached hydrogen (secondary N) is 1. The van der Waals surface area contributed by atoms with E-state index in [1.165, 1.54) is 5.56 Å². The normalized spacial score (nSPS) is 11.8. The van der Waals surface area contributed by atoms with Crippen molar-refractivity contribution < 1.29 is 9.53 Å². The van der Waals surface area contributed by atoms with Gasteiger partial charge in [0, 0.05) is 18.8 Å². The highest BCUT2D eigenvalue weighted by atomic mass is 16.5. The average molecular weight is 354 g/mol. The molecule has 1 amide bonds. The lowest BCUT2D eigenvalue weighted by molar-refractivity contribution is -0.131. The number of ether oxygens (including phenoxy) is 1. The number of carbonyl (C=O) groups excluding carboxylic acids is 1. The molecule has 0 spiro atoms. The maximum Gasteiger partial charge on any atom is 0.244 e. The van der Waals surface area contributed by atoms with Crippen LogP contribution in [0, 0.1) is 0 Å². The topological polar surface area (TPSA) is 41.6 Å². The number of nitrogens with zero attached hydrogens (tertiary/aromatic N) is 1. The Kier molecular flexibility index (Phi) is 8.16. The quantitative estimate of drug-likeness (QED) is 0.653. The van der Waals surface area contributed by atoms with Gasteiger partial charge in [-0.2, -0.15) is 0 Å². The zero-order chi connectivity index (χ0) is 18.8. The number of hydrogen-bond donors (Lipinski definition) is 1. The number of rotatable bonds is 10. The molecule has 140 valence electrons. The predicted octanol–water partition coefficient (Wildman–Crippen LogP) is 4.11. The molecule has 1 N–H and O–H groups in total. The SMILES string of the molecule is CCN(CC)C(=O)C(C)Nc1cccc(COCCc2ccccc2)c1. The third-order valence-corrected chi connectivity index (χ3v) is 4.40. The number of anilines is 1. The summed E-state index contributed by atoms with van der Waals surface area (Å²) in [7, 11) is 0. The molecule has 0 fully saturated rings. The summed E-state index contributed by atoms with van der Waals surface area (Å²) in [6.07, 6.45) is 0.911. The summed E-state index contributed by atoms with van der Waals surface area (Å²) in [4.78, 5) is 14.2. The largest absolute Gasteiger partial charge is 0.376 e. The first-order chi connectivity index (χ1) is 12.6. The molecule has 0 aliphatic carbocycles. The number of carbonyl (C=O) groups is 1. The summed E-state index contributed by atoms with van der Waals surface area (Å²) in [5.41, 5.74) is 3.33. The fraction of sp³-hybridized carbons (Fsp3) is 0.409. The Labute approximate surface area is 157 Å². The average Bonchev–Trinajstić information content (AvgIpc) is 2.67. The monoisotopic (exact) mass is 354 g/mol. The van der Waals surface area contributed by atoms with Crippen molar-refractivity contribution in [2.45, 2.75) is 39.8 Å². The number of likely N-dealkylation sites (N-methyl/N-ethyl adjacent to an activating group) is 1. The minimum absolute atomic E-state index is 0.125. The van der Waals surface area contributed by atoms with Crippen LogP contribution < -0.4 is 5.32 Å². The van der Waals surface area contributed by atoms with E-state index >= 15 is 0 Å². The number of benzene rings is 2. The van der Waals surface area contributed by atoms with Crippen LogP contribution in [0.2, 0.25) is 0 Å². The Hall–Kier alpha value is -2.33. The molecule has 0 aromatic heterocycles. The highest BCUT2D eigenvalue weighted by Crippen LogP contribution is 2.14. The van der Waals surface area contributed by atoms with Gasteiger partial charge in [0.1, 0.15) is 6.04 Å². The molecule has 0 radical (unpaired) electrons. The van der Waals surface area contributed by atoms with Gasteiger partial charge >= 0.3 is 0 Å². The first-order valence-corrected chi connectivity index (χ1v) is 9.40. The molecule has 0 bridgehead atoms. The molecule has 4 nitrogen and oxygen atoms in total. The lowest BCUT2D eigenvalue weighted by Crippen LogP contribution is -2.41. The van der Waals surface area contributed by atoms with E-state index in [0.29, 0.717) is 13.2 Å². The highest BCUT2D eigenvalue weighted by Gasteiger charge is 2.17. The van der Waals surface area contributed by atoms with Gasteiger partial charge in [0.2, 0.25) is 5.91 Å². The molecule has 0 heterocycles. The van der Waals surface area contributed by atoms with Crippen LogP contribution in [0.5, 0.6) is 0 Å². The fourth-order valence-corrected chi connectivity index (χ4v) is 2.90. The summed E-state index contributed by atoms with van der Waals surface area (Å²) in [6, 6.07) is 18.2. The van der Waals surface area contributed by atoms with Crippen molar-refractivity contribution in [1.29, 1.82) is 0 Å². The van der Waals surface area contributed by atoms with E-state index in [2.05, 4.69) is 23.5 Å². The Balaban J connectivity index is 1.82. The van der Waals surface area contributed by atoms with E-state index in [9.17, 15) is 4.79 Å². The Morgan fingerprint density at radius 3 is 2.42 bits per heavy atom. The van der Waals surface area contributed by atoms with Gasteiger partial charge in [-0.15, -0.1) is 0 Å². The van der Waals surface area contributed by atoms with E-state index in [1.54, 1.807) is 0 Å². The molecule has 0 saturated carbocycles. The maximum atomic E-state index is 12.4. The van der Waals surface area contributed by atoms with E-state index in [-0.39, 0.29) is 11.9 Å². The fourth-order valence-electron chi connectivity index (χ4n) is 2.90. The highest BCUT2D eigenvalue weighted by molar-refractivity contribution is 5.84. The van der Waals surface area contributed by atoms with Gasteiger partial charge in [0.25, 0.3) is 0 Å². The van der Waals surface area contributed by atoms with E-state index in [4.69, 9.17) is 4.74 Å². The standard InChI is InChI=1S/C22H30N2O2/c1-4-24(5-2)22(25)18(3)23-21-13-9-12-20(16-21)17-26-15-14-19-10-7-6-8-11-19/h6-13,16,18,23H,4-5,14-15,17H2,1-3H3. The third kappa shape index (κ3) is 6.19. The molecular weight excluding hydrogens is 324 g/mol. The summed E-state index contributed by atoms with van der Waals surface area (Å²) in [5.74, 6) is 0.125. The lowest BCUT2D eigenvalue weighted by Gasteiger charge is -2.24. The first-order valence-electron chi connectivity index (χ1n) is 9.40. The van der Waals surface area contributed by atoms with Crippen molar-refractivity contribution in [3.63, 3.8) is 0 Å². The second-order valence-corrected chi connectivity index (χ2v) is 6.37. The first kappa shape index (κ1) is 20.0. The van der Waals surface area contributed by atoms with Crippen LogP contribution in [0.3, 0.4) is 0 Å². The van der Waals surface area contributed by atoms with Gasteiger partial charge in [-0.1, -0.05) is 42.5 Å². The Bertz CT molecular complexity index is 669. The van der Waals surface area contributed by atoms with Crippen LogP contribution in [0.1, 0.15) is 31.9 Å². The van der Waals surface area contributed by atoms with Gasteiger partial charge in [-0.25, -0.2) is 0 Å². The van der Waals surface area contributed by atoms with Crippen LogP contribution in [0.4, 0.5) is 5.69 Å². The molecule has 1 atom stereocenters. The zero-order valence-electron chi connectivity index (χ0n) is 16.1. The van der Waals surface area contributed by atoms with E-state index < -0.39 is 0 Å². The molecular formula is C22H30N2O2. The molecule has 2 aromatic rings. The second-order valence-electron chi connectivity index (χ2n) is 6.37. The van der Waals surface area contributed by atoms with Crippen molar-refractivity contribution in [3.8, 4) is 0 Å². The van der Waals surface area contributed by atoms with Gasteiger partial charge in [-0.3, -0.25) is 4.79 Å². The third-order valence-electron chi connectivity index (χ3n) is 4.40. The number of hydrogen-bond acceptors (Lipinski definition) is 3. The lowest BCUT2D eigenvalue weighted by atomic mass is 10.1. The molecule has 26 heavy (non-hydrogen) atoms. The van der Waals surface area contributed by atoms with E-state index in [1.807, 2.05) is 62.1 Å². The van der Waals surface area contributed by atoms with Gasteiger partial charge < -0.3 is 15.0 Å². The van der Waals surface area contributed by atoms with Crippen molar-refractivity contribution in [3.05, 3.63) is 65.7 Å². The summed E-state index contributed by atoms with van der Waals surface area (Å²) in [6.45, 7) is 8.64. The molecule has 1 unspecified atom stereocenters. The van der Waals surface area contributed by atoms with Gasteiger partial charge in [0.05, 0.1) is 13.2 Å². The Morgan fingerprint density at radius 1 is 1.04 bits per heavy atom. The summed E-state index contributed by atoms with van der Waals surface area (Å²) in [5, 5.41) is 3.30. The van der Waals surface area contributed by atoms with Crippen LogP contribution in [-0.2, 0) is 22.6 Å². The summed E-state index contributed by atoms with van der Waals surface area (Å²) < 4.78 is 5.80. The van der Waals surface area contributed by atoms with Crippen molar-refractivity contribution in [1.82, 2.24) is 4.90 Å². The number of amides is 1. The maximum absolute atomic E-state index is 12.4. The molecule has 0 aliphatic heterocycles. The summed E-state index contributed by atoms with van der Waals surface area (Å²) >= 11 is 0. The van der Waals surface area contributed by atoms with Crippen LogP contribution in [0.15, 0.2) is 54.6 Å². The molecule has 0 aliphatic rings.